The number of ether oxygens (including phenoxy) is 1. The highest BCUT2D eigenvalue weighted by Gasteiger charge is 2.30. The van der Waals surface area contributed by atoms with Gasteiger partial charge in [-0.3, -0.25) is 14.4 Å². The maximum Gasteiger partial charge on any atom is 0.237 e. The van der Waals surface area contributed by atoms with Crippen LogP contribution in [0.5, 0.6) is 0 Å². The van der Waals surface area contributed by atoms with Crippen molar-refractivity contribution in [1.82, 2.24) is 20.0 Å². The Morgan fingerprint density at radius 3 is 2.54 bits per heavy atom. The lowest BCUT2D eigenvalue weighted by Gasteiger charge is -2.29. The first-order valence-electron chi connectivity index (χ1n) is 8.99. The number of aryl methyl sites for hydroxylation is 1. The molecule has 1 aliphatic heterocycles. The van der Waals surface area contributed by atoms with E-state index in [1.54, 1.807) is 7.11 Å². The van der Waals surface area contributed by atoms with Gasteiger partial charge in [0.1, 0.15) is 0 Å². The molecule has 24 heavy (non-hydrogen) atoms. The van der Waals surface area contributed by atoms with Crippen molar-refractivity contribution in [2.75, 3.05) is 26.8 Å². The molecule has 136 valence electrons. The smallest absolute Gasteiger partial charge is 0.237 e. The second-order valence-electron chi connectivity index (χ2n) is 7.02. The SMILES string of the molecule is COCCn1nc(C)c(CNC(=O)[C@H](C(C)C)N2CCCC2)c1C. The second-order valence-corrected chi connectivity index (χ2v) is 7.02. The summed E-state index contributed by atoms with van der Waals surface area (Å²) in [5.74, 6) is 0.449. The minimum Gasteiger partial charge on any atom is -0.383 e. The Balaban J connectivity index is 2.01. The molecule has 0 aromatic carbocycles. The molecular weight excluding hydrogens is 304 g/mol. The lowest BCUT2D eigenvalue weighted by Crippen LogP contribution is -2.48. The van der Waals surface area contributed by atoms with Crippen LogP contribution in [0, 0.1) is 19.8 Å². The van der Waals surface area contributed by atoms with E-state index in [0.29, 0.717) is 19.1 Å². The van der Waals surface area contributed by atoms with E-state index in [1.165, 1.54) is 12.8 Å². The summed E-state index contributed by atoms with van der Waals surface area (Å²) in [5.41, 5.74) is 3.20. The third-order valence-corrected chi connectivity index (χ3v) is 4.91. The molecule has 0 bridgehead atoms. The van der Waals surface area contributed by atoms with Crippen molar-refractivity contribution in [2.45, 2.75) is 59.7 Å². The van der Waals surface area contributed by atoms with Crippen LogP contribution in [0.4, 0.5) is 0 Å². The van der Waals surface area contributed by atoms with E-state index < -0.39 is 0 Å². The van der Waals surface area contributed by atoms with Gasteiger partial charge in [-0.25, -0.2) is 0 Å². The highest BCUT2D eigenvalue weighted by Crippen LogP contribution is 2.19. The summed E-state index contributed by atoms with van der Waals surface area (Å²) in [4.78, 5) is 15.1. The van der Waals surface area contributed by atoms with Gasteiger partial charge in [0.15, 0.2) is 0 Å². The van der Waals surface area contributed by atoms with Crippen LogP contribution >= 0.6 is 0 Å². The van der Waals surface area contributed by atoms with Crippen LogP contribution in [0.3, 0.4) is 0 Å². The van der Waals surface area contributed by atoms with Crippen LogP contribution < -0.4 is 5.32 Å². The average Bonchev–Trinajstić information content (AvgIpc) is 3.13. The molecule has 0 aliphatic carbocycles. The molecule has 1 fully saturated rings. The van der Waals surface area contributed by atoms with Crippen LogP contribution in [0.25, 0.3) is 0 Å². The van der Waals surface area contributed by atoms with Crippen LogP contribution in [-0.4, -0.2) is 53.4 Å². The summed E-state index contributed by atoms with van der Waals surface area (Å²) in [6, 6.07) is -0.0309. The summed E-state index contributed by atoms with van der Waals surface area (Å²) in [7, 11) is 1.69. The number of rotatable bonds is 8. The Morgan fingerprint density at radius 2 is 1.96 bits per heavy atom. The van der Waals surface area contributed by atoms with Crippen LogP contribution in [0.1, 0.15) is 43.6 Å². The number of nitrogens with one attached hydrogen (secondary N) is 1. The molecule has 1 atom stereocenters. The molecule has 1 amide bonds. The quantitative estimate of drug-likeness (QED) is 0.787. The molecule has 0 radical (unpaired) electrons. The first-order chi connectivity index (χ1) is 11.5. The minimum absolute atomic E-state index is 0.0309. The maximum atomic E-state index is 12.7. The Bertz CT molecular complexity index is 547. The van der Waals surface area contributed by atoms with E-state index in [9.17, 15) is 4.79 Å². The molecule has 2 heterocycles. The third-order valence-electron chi connectivity index (χ3n) is 4.91. The maximum absolute atomic E-state index is 12.7. The molecule has 1 saturated heterocycles. The fraction of sp³-hybridized carbons (Fsp3) is 0.778. The van der Waals surface area contributed by atoms with E-state index in [2.05, 4.69) is 36.1 Å². The van der Waals surface area contributed by atoms with Crippen LogP contribution in [-0.2, 0) is 22.6 Å². The van der Waals surface area contributed by atoms with Crippen LogP contribution in [0.2, 0.25) is 0 Å². The normalized spacial score (nSPS) is 16.8. The van der Waals surface area contributed by atoms with E-state index >= 15 is 0 Å². The molecule has 1 aromatic rings. The molecule has 1 N–H and O–H groups in total. The van der Waals surface area contributed by atoms with Crippen molar-refractivity contribution in [1.29, 1.82) is 0 Å². The zero-order valence-corrected chi connectivity index (χ0v) is 15.8. The Morgan fingerprint density at radius 1 is 1.29 bits per heavy atom. The number of hydrogen-bond acceptors (Lipinski definition) is 4. The Labute approximate surface area is 145 Å². The van der Waals surface area contributed by atoms with Crippen LogP contribution in [0.15, 0.2) is 0 Å². The second kappa shape index (κ2) is 8.62. The monoisotopic (exact) mass is 336 g/mol. The first-order valence-corrected chi connectivity index (χ1v) is 8.99. The van der Waals surface area contributed by atoms with Gasteiger partial charge in [0.2, 0.25) is 5.91 Å². The molecule has 6 heteroatoms. The van der Waals surface area contributed by atoms with Gasteiger partial charge in [0, 0.05) is 24.9 Å². The fourth-order valence-electron chi connectivity index (χ4n) is 3.58. The number of likely N-dealkylation sites (tertiary alicyclic amines) is 1. The molecule has 1 aliphatic rings. The number of carbonyl (C=O) groups is 1. The van der Waals surface area contributed by atoms with Crippen molar-refractivity contribution >= 4 is 5.91 Å². The summed E-state index contributed by atoms with van der Waals surface area (Å²) < 4.78 is 7.09. The van der Waals surface area contributed by atoms with E-state index in [1.807, 2.05) is 11.6 Å². The van der Waals surface area contributed by atoms with Gasteiger partial charge >= 0.3 is 0 Å². The molecule has 0 unspecified atom stereocenters. The minimum atomic E-state index is -0.0309. The Hall–Kier alpha value is -1.40. The van der Waals surface area contributed by atoms with Gasteiger partial charge in [-0.2, -0.15) is 5.10 Å². The zero-order valence-electron chi connectivity index (χ0n) is 15.8. The number of amides is 1. The fourth-order valence-corrected chi connectivity index (χ4v) is 3.58. The van der Waals surface area contributed by atoms with Crippen molar-refractivity contribution in [3.63, 3.8) is 0 Å². The highest BCUT2D eigenvalue weighted by molar-refractivity contribution is 5.82. The number of nitrogens with zero attached hydrogens (tertiary/aromatic N) is 3. The highest BCUT2D eigenvalue weighted by atomic mass is 16.5. The van der Waals surface area contributed by atoms with Crippen molar-refractivity contribution < 1.29 is 9.53 Å². The molecule has 0 saturated carbocycles. The van der Waals surface area contributed by atoms with Gasteiger partial charge in [0.05, 0.1) is 24.9 Å². The summed E-state index contributed by atoms with van der Waals surface area (Å²) >= 11 is 0. The summed E-state index contributed by atoms with van der Waals surface area (Å²) in [5, 5.41) is 7.70. The van der Waals surface area contributed by atoms with Gasteiger partial charge in [0.25, 0.3) is 0 Å². The van der Waals surface area contributed by atoms with Gasteiger partial charge in [-0.05, 0) is 45.7 Å². The largest absolute Gasteiger partial charge is 0.383 e. The number of aromatic nitrogens is 2. The average molecular weight is 336 g/mol. The molecule has 2 rings (SSSR count). The lowest BCUT2D eigenvalue weighted by molar-refractivity contribution is -0.127. The van der Waals surface area contributed by atoms with Gasteiger partial charge < -0.3 is 10.1 Å². The van der Waals surface area contributed by atoms with Crippen molar-refractivity contribution in [3.8, 4) is 0 Å². The number of methoxy groups -OCH3 is 1. The van der Waals surface area contributed by atoms with E-state index in [0.717, 1.165) is 36.6 Å². The number of carbonyl (C=O) groups excluding carboxylic acids is 1. The predicted octanol–water partition coefficient (Wildman–Crippen LogP) is 1.88. The molecular formula is C18H32N4O2. The topological polar surface area (TPSA) is 59.4 Å². The Kier molecular flexibility index (Phi) is 6.80. The summed E-state index contributed by atoms with van der Waals surface area (Å²) in [6.45, 7) is 12.3. The lowest BCUT2D eigenvalue weighted by atomic mass is 10.0. The zero-order chi connectivity index (χ0) is 17.7. The molecule has 1 aromatic heterocycles. The van der Waals surface area contributed by atoms with Gasteiger partial charge in [-0.15, -0.1) is 0 Å². The predicted molar refractivity (Wildman–Crippen MR) is 94.9 cm³/mol. The summed E-state index contributed by atoms with van der Waals surface area (Å²) in [6.07, 6.45) is 2.39. The van der Waals surface area contributed by atoms with Crippen molar-refractivity contribution in [2.24, 2.45) is 5.92 Å². The van der Waals surface area contributed by atoms with E-state index in [4.69, 9.17) is 4.74 Å². The standard InChI is InChI=1S/C18H32N4O2/c1-13(2)17(21-8-6-7-9-21)18(23)19-12-16-14(3)20-22(15(16)4)10-11-24-5/h13,17H,6-12H2,1-5H3,(H,19,23)/t17-/m0/s1. The first kappa shape index (κ1) is 18.9. The molecule has 6 nitrogen and oxygen atoms in total. The van der Waals surface area contributed by atoms with Gasteiger partial charge in [-0.1, -0.05) is 13.8 Å². The molecule has 0 spiro atoms. The van der Waals surface area contributed by atoms with Crippen molar-refractivity contribution in [3.05, 3.63) is 17.0 Å². The van der Waals surface area contributed by atoms with E-state index in [-0.39, 0.29) is 11.9 Å². The number of hydrogen-bond donors (Lipinski definition) is 1. The third kappa shape index (κ3) is 4.36.